The lowest BCUT2D eigenvalue weighted by atomic mass is 10.1. The zero-order valence-electron chi connectivity index (χ0n) is 16.2. The van der Waals surface area contributed by atoms with Crippen LogP contribution in [0.25, 0.3) is 0 Å². The lowest BCUT2D eigenvalue weighted by molar-refractivity contribution is -0.134. The fourth-order valence-electron chi connectivity index (χ4n) is 4.00. The predicted molar refractivity (Wildman–Crippen MR) is 107 cm³/mol. The monoisotopic (exact) mass is 377 g/mol. The van der Waals surface area contributed by atoms with Crippen LogP contribution >= 0.6 is 11.3 Å². The molecule has 2 aliphatic rings. The first kappa shape index (κ1) is 19.1. The molecule has 2 N–H and O–H groups in total. The maximum atomic E-state index is 12.6. The SMILES string of the molecule is CN=C(NCCc1sc(C)nc1C)NC1CCN(C(=O)C2CCCC2)C1. The van der Waals surface area contributed by atoms with Gasteiger partial charge in [-0.2, -0.15) is 0 Å². The maximum Gasteiger partial charge on any atom is 0.225 e. The number of aliphatic imine (C=N–C) groups is 1. The number of nitrogens with zero attached hydrogens (tertiary/aromatic N) is 3. The first-order valence-electron chi connectivity index (χ1n) is 9.75. The van der Waals surface area contributed by atoms with Crippen LogP contribution in [0.5, 0.6) is 0 Å². The minimum absolute atomic E-state index is 0.275. The highest BCUT2D eigenvalue weighted by atomic mass is 32.1. The molecule has 1 aliphatic carbocycles. The fraction of sp³-hybridized carbons (Fsp3) is 0.737. The summed E-state index contributed by atoms with van der Waals surface area (Å²) in [4.78, 5) is 24.8. The molecule has 2 heterocycles. The van der Waals surface area contributed by atoms with Crippen LogP contribution in [0.15, 0.2) is 4.99 Å². The minimum Gasteiger partial charge on any atom is -0.356 e. The van der Waals surface area contributed by atoms with Crippen LogP contribution in [0.2, 0.25) is 0 Å². The molecule has 0 bridgehead atoms. The molecule has 144 valence electrons. The van der Waals surface area contributed by atoms with Gasteiger partial charge in [-0.25, -0.2) is 4.98 Å². The summed E-state index contributed by atoms with van der Waals surface area (Å²) in [7, 11) is 1.80. The summed E-state index contributed by atoms with van der Waals surface area (Å²) in [6.07, 6.45) is 6.52. The van der Waals surface area contributed by atoms with E-state index in [1.54, 1.807) is 18.4 Å². The fourth-order valence-corrected chi connectivity index (χ4v) is 4.93. The van der Waals surface area contributed by atoms with Crippen LogP contribution in [-0.4, -0.2) is 54.5 Å². The number of carbonyl (C=O) groups excluding carboxylic acids is 1. The highest BCUT2D eigenvalue weighted by Crippen LogP contribution is 2.27. The second kappa shape index (κ2) is 8.84. The topological polar surface area (TPSA) is 69.6 Å². The van der Waals surface area contributed by atoms with E-state index >= 15 is 0 Å². The number of rotatable bonds is 5. The molecule has 0 radical (unpaired) electrons. The number of likely N-dealkylation sites (tertiary alicyclic amines) is 1. The highest BCUT2D eigenvalue weighted by Gasteiger charge is 2.32. The van der Waals surface area contributed by atoms with Gasteiger partial charge in [-0.05, 0) is 33.1 Å². The number of aromatic nitrogens is 1. The molecule has 1 aromatic heterocycles. The Balaban J connectivity index is 1.42. The Morgan fingerprint density at radius 1 is 1.31 bits per heavy atom. The van der Waals surface area contributed by atoms with Crippen molar-refractivity contribution in [3.63, 3.8) is 0 Å². The third-order valence-electron chi connectivity index (χ3n) is 5.41. The van der Waals surface area contributed by atoms with Crippen molar-refractivity contribution in [3.8, 4) is 0 Å². The first-order chi connectivity index (χ1) is 12.6. The van der Waals surface area contributed by atoms with Crippen LogP contribution in [0.1, 0.15) is 47.7 Å². The Morgan fingerprint density at radius 2 is 2.08 bits per heavy atom. The van der Waals surface area contributed by atoms with E-state index in [1.165, 1.54) is 17.7 Å². The Morgan fingerprint density at radius 3 is 2.73 bits per heavy atom. The van der Waals surface area contributed by atoms with Crippen molar-refractivity contribution in [2.75, 3.05) is 26.7 Å². The number of carbonyl (C=O) groups is 1. The molecule has 26 heavy (non-hydrogen) atoms. The molecular weight excluding hydrogens is 346 g/mol. The summed E-state index contributed by atoms with van der Waals surface area (Å²) < 4.78 is 0. The largest absolute Gasteiger partial charge is 0.356 e. The molecule has 1 unspecified atom stereocenters. The van der Waals surface area contributed by atoms with Gasteiger partial charge in [0.2, 0.25) is 5.91 Å². The molecule has 7 heteroatoms. The van der Waals surface area contributed by atoms with E-state index in [9.17, 15) is 4.79 Å². The molecule has 3 rings (SSSR count). The van der Waals surface area contributed by atoms with Crippen LogP contribution in [-0.2, 0) is 11.2 Å². The van der Waals surface area contributed by atoms with E-state index < -0.39 is 0 Å². The molecule has 6 nitrogen and oxygen atoms in total. The average Bonchev–Trinajstić information content (AvgIpc) is 3.35. The van der Waals surface area contributed by atoms with Crippen molar-refractivity contribution in [2.24, 2.45) is 10.9 Å². The van der Waals surface area contributed by atoms with Crippen molar-refractivity contribution in [2.45, 2.75) is 58.4 Å². The summed E-state index contributed by atoms with van der Waals surface area (Å²) in [5.41, 5.74) is 1.13. The standard InChI is InChI=1S/C19H31N5OS/c1-13-17(26-14(2)22-13)8-10-21-19(20-3)23-16-9-11-24(12-16)18(25)15-6-4-5-7-15/h15-16H,4-12H2,1-3H3,(H2,20,21,23). The zero-order chi connectivity index (χ0) is 18.5. The van der Waals surface area contributed by atoms with Crippen molar-refractivity contribution in [1.82, 2.24) is 20.5 Å². The number of hydrogen-bond acceptors (Lipinski definition) is 4. The second-order valence-electron chi connectivity index (χ2n) is 7.39. The van der Waals surface area contributed by atoms with Gasteiger partial charge in [-0.1, -0.05) is 12.8 Å². The Bertz CT molecular complexity index is 650. The molecule has 1 aromatic rings. The smallest absolute Gasteiger partial charge is 0.225 e. The second-order valence-corrected chi connectivity index (χ2v) is 8.67. The van der Waals surface area contributed by atoms with Crippen molar-refractivity contribution in [3.05, 3.63) is 15.6 Å². The van der Waals surface area contributed by atoms with Crippen molar-refractivity contribution in [1.29, 1.82) is 0 Å². The molecular formula is C19H31N5OS. The molecule has 0 spiro atoms. The number of amides is 1. The summed E-state index contributed by atoms with van der Waals surface area (Å²) in [5, 5.41) is 8.00. The van der Waals surface area contributed by atoms with Crippen LogP contribution < -0.4 is 10.6 Å². The lowest BCUT2D eigenvalue weighted by Gasteiger charge is -2.21. The Labute approximate surface area is 160 Å². The Kier molecular flexibility index (Phi) is 6.51. The molecule has 1 atom stereocenters. The van der Waals surface area contributed by atoms with Crippen molar-refractivity contribution < 1.29 is 4.79 Å². The van der Waals surface area contributed by atoms with E-state index in [-0.39, 0.29) is 5.92 Å². The normalized spacial score (nSPS) is 21.4. The molecule has 1 saturated carbocycles. The van der Waals surface area contributed by atoms with Gasteiger partial charge in [-0.15, -0.1) is 11.3 Å². The molecule has 1 amide bonds. The number of guanidine groups is 1. The van der Waals surface area contributed by atoms with Crippen molar-refractivity contribution >= 4 is 23.2 Å². The zero-order valence-corrected chi connectivity index (χ0v) is 17.0. The van der Waals surface area contributed by atoms with Gasteiger partial charge in [0.05, 0.1) is 10.7 Å². The van der Waals surface area contributed by atoms with Crippen LogP contribution in [0.4, 0.5) is 0 Å². The summed E-state index contributed by atoms with van der Waals surface area (Å²) >= 11 is 1.77. The maximum absolute atomic E-state index is 12.6. The predicted octanol–water partition coefficient (Wildman–Crippen LogP) is 2.26. The molecule has 1 saturated heterocycles. The van der Waals surface area contributed by atoms with Crippen LogP contribution in [0.3, 0.4) is 0 Å². The minimum atomic E-state index is 0.275. The average molecular weight is 378 g/mol. The Hall–Kier alpha value is -1.63. The highest BCUT2D eigenvalue weighted by molar-refractivity contribution is 7.11. The van der Waals surface area contributed by atoms with E-state index in [4.69, 9.17) is 0 Å². The van der Waals surface area contributed by atoms with Gasteiger partial charge in [0, 0.05) is 49.9 Å². The van der Waals surface area contributed by atoms with E-state index in [0.29, 0.717) is 11.9 Å². The van der Waals surface area contributed by atoms with Gasteiger partial charge in [-0.3, -0.25) is 9.79 Å². The molecule has 1 aliphatic heterocycles. The number of hydrogen-bond donors (Lipinski definition) is 2. The van der Waals surface area contributed by atoms with E-state index in [1.807, 2.05) is 11.8 Å². The third kappa shape index (κ3) is 4.75. The van der Waals surface area contributed by atoms with Gasteiger partial charge < -0.3 is 15.5 Å². The van der Waals surface area contributed by atoms with E-state index in [2.05, 4.69) is 27.5 Å². The summed E-state index contributed by atoms with van der Waals surface area (Å²) in [6, 6.07) is 0.291. The number of aryl methyl sites for hydroxylation is 2. The van der Waals surface area contributed by atoms with Gasteiger partial charge >= 0.3 is 0 Å². The summed E-state index contributed by atoms with van der Waals surface area (Å²) in [5.74, 6) is 1.46. The quantitative estimate of drug-likeness (QED) is 0.610. The van der Waals surface area contributed by atoms with Crippen LogP contribution in [0, 0.1) is 19.8 Å². The van der Waals surface area contributed by atoms with E-state index in [0.717, 1.165) is 62.0 Å². The lowest BCUT2D eigenvalue weighted by Crippen LogP contribution is -2.45. The molecule has 2 fully saturated rings. The number of thiazole rings is 1. The van der Waals surface area contributed by atoms with Gasteiger partial charge in [0.25, 0.3) is 0 Å². The summed E-state index contributed by atoms with van der Waals surface area (Å²) in [6.45, 7) is 6.61. The third-order valence-corrected chi connectivity index (χ3v) is 6.55. The first-order valence-corrected chi connectivity index (χ1v) is 10.6. The van der Waals surface area contributed by atoms with Gasteiger partial charge in [0.1, 0.15) is 0 Å². The van der Waals surface area contributed by atoms with Gasteiger partial charge in [0.15, 0.2) is 5.96 Å². The number of nitrogens with one attached hydrogen (secondary N) is 2. The molecule has 0 aromatic carbocycles.